The van der Waals surface area contributed by atoms with Crippen LogP contribution in [0.3, 0.4) is 0 Å². The van der Waals surface area contributed by atoms with Crippen molar-refractivity contribution in [3.63, 3.8) is 0 Å². The normalized spacial score (nSPS) is 11.2. The van der Waals surface area contributed by atoms with Crippen LogP contribution in [0.1, 0.15) is 25.6 Å². The second kappa shape index (κ2) is 9.62. The molecule has 0 aliphatic heterocycles. The van der Waals surface area contributed by atoms with E-state index < -0.39 is 5.82 Å². The summed E-state index contributed by atoms with van der Waals surface area (Å²) in [6.45, 7) is 3.04. The molecule has 6 nitrogen and oxygen atoms in total. The molecule has 0 saturated carbocycles. The molecule has 0 fully saturated rings. The van der Waals surface area contributed by atoms with Gasteiger partial charge in [-0.25, -0.2) is 9.37 Å². The van der Waals surface area contributed by atoms with Crippen molar-refractivity contribution in [2.75, 3.05) is 18.4 Å². The fourth-order valence-corrected chi connectivity index (χ4v) is 3.16. The summed E-state index contributed by atoms with van der Waals surface area (Å²) in [4.78, 5) is 33.9. The lowest BCUT2D eigenvalue weighted by atomic mass is 10.2. The van der Waals surface area contributed by atoms with Crippen molar-refractivity contribution in [2.24, 2.45) is 0 Å². The Labute approximate surface area is 172 Å². The third kappa shape index (κ3) is 5.62. The Balaban J connectivity index is 1.74. The van der Waals surface area contributed by atoms with Crippen molar-refractivity contribution in [3.8, 4) is 0 Å². The van der Waals surface area contributed by atoms with Crippen molar-refractivity contribution in [1.29, 1.82) is 0 Å². The van der Waals surface area contributed by atoms with Gasteiger partial charge in [-0.1, -0.05) is 37.1 Å². The van der Waals surface area contributed by atoms with E-state index in [1.165, 1.54) is 12.1 Å². The molecule has 0 aliphatic rings. The first-order valence-electron chi connectivity index (χ1n) is 9.41. The van der Waals surface area contributed by atoms with E-state index in [9.17, 15) is 14.0 Å². The number of benzene rings is 2. The van der Waals surface area contributed by atoms with Gasteiger partial charge in [0.15, 0.2) is 0 Å². The standard InChI is InChI=1S/C21H22ClFN4O2/c1-2-3-10-27(13-20(28)25-18-9-8-14(22)11-16(18)23)12-19-24-17-7-5-4-6-15(17)21(29)26-19/h4-9,11H,2-3,10,12-13H2,1H3,(H,25,28)(H,24,26,29). The van der Waals surface area contributed by atoms with Gasteiger partial charge in [0.2, 0.25) is 5.91 Å². The summed E-state index contributed by atoms with van der Waals surface area (Å²) < 4.78 is 13.9. The number of hydrogen-bond donors (Lipinski definition) is 2. The quantitative estimate of drug-likeness (QED) is 0.582. The van der Waals surface area contributed by atoms with Crippen LogP contribution in [0.2, 0.25) is 5.02 Å². The molecular formula is C21H22ClFN4O2. The number of hydrogen-bond acceptors (Lipinski definition) is 4. The minimum atomic E-state index is -0.591. The van der Waals surface area contributed by atoms with E-state index in [1.54, 1.807) is 18.2 Å². The molecule has 1 heterocycles. The molecule has 0 saturated heterocycles. The van der Waals surface area contributed by atoms with Gasteiger partial charge in [0, 0.05) is 5.02 Å². The highest BCUT2D eigenvalue weighted by Gasteiger charge is 2.15. The van der Waals surface area contributed by atoms with E-state index >= 15 is 0 Å². The number of para-hydroxylation sites is 1. The van der Waals surface area contributed by atoms with Crippen LogP contribution in [-0.4, -0.2) is 33.9 Å². The Kier molecular flexibility index (Phi) is 6.95. The monoisotopic (exact) mass is 416 g/mol. The van der Waals surface area contributed by atoms with Gasteiger partial charge in [-0.15, -0.1) is 0 Å². The van der Waals surface area contributed by atoms with Gasteiger partial charge in [0.25, 0.3) is 5.56 Å². The van der Waals surface area contributed by atoms with E-state index in [2.05, 4.69) is 22.2 Å². The molecule has 0 aliphatic carbocycles. The Morgan fingerprint density at radius 1 is 1.28 bits per heavy atom. The predicted molar refractivity (Wildman–Crippen MR) is 113 cm³/mol. The molecule has 0 unspecified atom stereocenters. The zero-order valence-corrected chi connectivity index (χ0v) is 16.8. The van der Waals surface area contributed by atoms with Crippen LogP contribution in [0.15, 0.2) is 47.3 Å². The molecular weight excluding hydrogens is 395 g/mol. The molecule has 2 N–H and O–H groups in total. The summed E-state index contributed by atoms with van der Waals surface area (Å²) in [6, 6.07) is 11.2. The third-order valence-corrected chi connectivity index (χ3v) is 4.67. The Hall–Kier alpha value is -2.77. The van der Waals surface area contributed by atoms with Gasteiger partial charge in [0.1, 0.15) is 11.6 Å². The summed E-state index contributed by atoms with van der Waals surface area (Å²) >= 11 is 5.74. The molecule has 0 atom stereocenters. The van der Waals surface area contributed by atoms with Gasteiger partial charge in [-0.2, -0.15) is 0 Å². The fourth-order valence-electron chi connectivity index (χ4n) is 3.00. The zero-order valence-electron chi connectivity index (χ0n) is 16.0. The SMILES string of the molecule is CCCCN(CC(=O)Nc1ccc(Cl)cc1F)Cc1nc2ccccc2c(=O)[nH]1. The summed E-state index contributed by atoms with van der Waals surface area (Å²) in [5, 5.41) is 3.35. The fraction of sp³-hybridized carbons (Fsp3) is 0.286. The number of H-pyrrole nitrogens is 1. The minimum Gasteiger partial charge on any atom is -0.322 e. The molecule has 152 valence electrons. The van der Waals surface area contributed by atoms with Crippen LogP contribution in [0.5, 0.6) is 0 Å². The van der Waals surface area contributed by atoms with Crippen LogP contribution < -0.4 is 10.9 Å². The average molecular weight is 417 g/mol. The van der Waals surface area contributed by atoms with E-state index in [0.29, 0.717) is 29.8 Å². The number of rotatable bonds is 8. The largest absolute Gasteiger partial charge is 0.322 e. The van der Waals surface area contributed by atoms with Gasteiger partial charge in [-0.05, 0) is 43.3 Å². The smallest absolute Gasteiger partial charge is 0.258 e. The minimum absolute atomic E-state index is 0.0403. The Bertz CT molecular complexity index is 1070. The van der Waals surface area contributed by atoms with Crippen LogP contribution in [-0.2, 0) is 11.3 Å². The van der Waals surface area contributed by atoms with E-state index in [1.807, 2.05) is 11.0 Å². The van der Waals surface area contributed by atoms with E-state index in [0.717, 1.165) is 18.9 Å². The van der Waals surface area contributed by atoms with Crippen molar-refractivity contribution >= 4 is 34.1 Å². The zero-order chi connectivity index (χ0) is 20.8. The number of nitrogens with one attached hydrogen (secondary N) is 2. The molecule has 2 aromatic carbocycles. The lowest BCUT2D eigenvalue weighted by molar-refractivity contribution is -0.117. The molecule has 0 spiro atoms. The molecule has 1 amide bonds. The molecule has 29 heavy (non-hydrogen) atoms. The number of amides is 1. The lowest BCUT2D eigenvalue weighted by Crippen LogP contribution is -2.34. The highest BCUT2D eigenvalue weighted by atomic mass is 35.5. The molecule has 1 aromatic heterocycles. The van der Waals surface area contributed by atoms with Crippen LogP contribution in [0, 0.1) is 5.82 Å². The van der Waals surface area contributed by atoms with Crippen molar-refractivity contribution in [3.05, 3.63) is 69.5 Å². The van der Waals surface area contributed by atoms with Crippen molar-refractivity contribution in [1.82, 2.24) is 14.9 Å². The molecule has 3 aromatic rings. The number of halogens is 2. The highest BCUT2D eigenvalue weighted by Crippen LogP contribution is 2.19. The number of carbonyl (C=O) groups excluding carboxylic acids is 1. The maximum absolute atomic E-state index is 13.9. The number of aromatic nitrogens is 2. The first-order valence-corrected chi connectivity index (χ1v) is 9.79. The van der Waals surface area contributed by atoms with Gasteiger partial charge in [-0.3, -0.25) is 14.5 Å². The summed E-state index contributed by atoms with van der Waals surface area (Å²) in [5.41, 5.74) is 0.468. The number of anilines is 1. The number of aromatic amines is 1. The van der Waals surface area contributed by atoms with Gasteiger partial charge in [0.05, 0.1) is 29.7 Å². The van der Waals surface area contributed by atoms with Crippen LogP contribution in [0.25, 0.3) is 10.9 Å². The second-order valence-corrected chi connectivity index (χ2v) is 7.20. The maximum atomic E-state index is 13.9. The number of nitrogens with zero attached hydrogens (tertiary/aromatic N) is 2. The topological polar surface area (TPSA) is 78.1 Å². The third-order valence-electron chi connectivity index (χ3n) is 4.44. The second-order valence-electron chi connectivity index (χ2n) is 6.77. The molecule has 0 radical (unpaired) electrons. The van der Waals surface area contributed by atoms with Crippen molar-refractivity contribution in [2.45, 2.75) is 26.3 Å². The van der Waals surface area contributed by atoms with Crippen LogP contribution >= 0.6 is 11.6 Å². The summed E-state index contributed by atoms with van der Waals surface area (Å²) in [7, 11) is 0. The van der Waals surface area contributed by atoms with Crippen LogP contribution in [0.4, 0.5) is 10.1 Å². The lowest BCUT2D eigenvalue weighted by Gasteiger charge is -2.21. The van der Waals surface area contributed by atoms with Gasteiger partial charge < -0.3 is 10.3 Å². The van der Waals surface area contributed by atoms with E-state index in [4.69, 9.17) is 11.6 Å². The predicted octanol–water partition coefficient (Wildman–Crippen LogP) is 3.96. The Morgan fingerprint density at radius 3 is 2.83 bits per heavy atom. The molecule has 3 rings (SSSR count). The summed E-state index contributed by atoms with van der Waals surface area (Å²) in [5.74, 6) is -0.466. The number of carbonyl (C=O) groups is 1. The van der Waals surface area contributed by atoms with Gasteiger partial charge >= 0.3 is 0 Å². The Morgan fingerprint density at radius 2 is 2.07 bits per heavy atom. The van der Waals surface area contributed by atoms with Crippen molar-refractivity contribution < 1.29 is 9.18 Å². The highest BCUT2D eigenvalue weighted by molar-refractivity contribution is 6.30. The average Bonchev–Trinajstić information content (AvgIpc) is 2.68. The first kappa shape index (κ1) is 21.0. The number of fused-ring (bicyclic) bond motifs is 1. The van der Waals surface area contributed by atoms with E-state index in [-0.39, 0.29) is 28.7 Å². The number of unbranched alkanes of at least 4 members (excludes halogenated alkanes) is 1. The molecule has 8 heteroatoms. The molecule has 0 bridgehead atoms. The maximum Gasteiger partial charge on any atom is 0.258 e. The first-order chi connectivity index (χ1) is 14.0. The summed E-state index contributed by atoms with van der Waals surface area (Å²) in [6.07, 6.45) is 1.83.